The van der Waals surface area contributed by atoms with Gasteiger partial charge in [0.05, 0.1) is 29.3 Å². The molecule has 1 aliphatic heterocycles. The Balaban J connectivity index is 1.50. The number of alkyl carbamates (subject to hydrolysis) is 1. The summed E-state index contributed by atoms with van der Waals surface area (Å²) in [5.41, 5.74) is -0.472. The molecule has 5 rings (SSSR count). The molecule has 2 aromatic carbocycles. The fourth-order valence-corrected chi connectivity index (χ4v) is 6.05. The summed E-state index contributed by atoms with van der Waals surface area (Å²) in [5, 5.41) is 15.1. The van der Waals surface area contributed by atoms with E-state index in [4.69, 9.17) is 4.74 Å². The molecule has 13 heteroatoms. The number of anilines is 2. The number of benzene rings is 2. The van der Waals surface area contributed by atoms with Gasteiger partial charge in [-0.25, -0.2) is 9.78 Å². The second-order valence-corrected chi connectivity index (χ2v) is 12.6. The maximum absolute atomic E-state index is 15.1. The van der Waals surface area contributed by atoms with Gasteiger partial charge in [0.1, 0.15) is 16.3 Å². The molecule has 0 spiro atoms. The number of alkyl halides is 3. The van der Waals surface area contributed by atoms with E-state index < -0.39 is 29.3 Å². The van der Waals surface area contributed by atoms with Crippen LogP contribution in [0.1, 0.15) is 49.7 Å². The molecule has 0 bridgehead atoms. The molecule has 1 saturated heterocycles. The molecule has 236 valence electrons. The summed E-state index contributed by atoms with van der Waals surface area (Å²) in [4.78, 5) is 31.7. The third-order valence-electron chi connectivity index (χ3n) is 7.13. The quantitative estimate of drug-likeness (QED) is 0.219. The van der Waals surface area contributed by atoms with Crippen molar-refractivity contribution in [2.45, 2.75) is 45.4 Å². The Hall–Kier alpha value is -4.52. The molecule has 4 aromatic rings. The second-order valence-electron chi connectivity index (χ2n) is 11.7. The highest BCUT2D eigenvalue weighted by Crippen LogP contribution is 2.47. The predicted octanol–water partition coefficient (Wildman–Crippen LogP) is 7.28. The average Bonchev–Trinajstić information content (AvgIpc) is 3.50. The Labute approximate surface area is 262 Å². The first-order valence-corrected chi connectivity index (χ1v) is 15.3. The first-order valence-electron chi connectivity index (χ1n) is 14.4. The molecule has 2 N–H and O–H groups in total. The molecule has 9 nitrogen and oxygen atoms in total. The smallest absolute Gasteiger partial charge is 0.419 e. The monoisotopic (exact) mass is 638 g/mol. The zero-order valence-corrected chi connectivity index (χ0v) is 25.8. The molecule has 0 aliphatic carbocycles. The van der Waals surface area contributed by atoms with Gasteiger partial charge in [-0.05, 0) is 62.8 Å². The molecule has 0 saturated carbocycles. The number of nitrogens with zero attached hydrogens (tertiary/aromatic N) is 4. The lowest BCUT2D eigenvalue weighted by molar-refractivity contribution is -0.136. The van der Waals surface area contributed by atoms with Crippen molar-refractivity contribution < 1.29 is 27.5 Å². The van der Waals surface area contributed by atoms with Crippen molar-refractivity contribution in [3.8, 4) is 21.7 Å². The zero-order valence-electron chi connectivity index (χ0n) is 25.0. The number of rotatable bonds is 7. The van der Waals surface area contributed by atoms with Crippen LogP contribution >= 0.6 is 11.3 Å². The van der Waals surface area contributed by atoms with Crippen LogP contribution in [0.2, 0.25) is 0 Å². The number of amides is 2. The molecule has 45 heavy (non-hydrogen) atoms. The van der Waals surface area contributed by atoms with E-state index in [1.54, 1.807) is 67.4 Å². The number of piperidine rings is 1. The molecule has 1 atom stereocenters. The number of hydrogen-bond donors (Lipinski definition) is 2. The van der Waals surface area contributed by atoms with E-state index >= 15 is 13.2 Å². The number of carbonyl (C=O) groups excluding carboxylic acids is 2. The van der Waals surface area contributed by atoms with Crippen LogP contribution in [0.3, 0.4) is 0 Å². The van der Waals surface area contributed by atoms with E-state index in [2.05, 4.69) is 25.8 Å². The van der Waals surface area contributed by atoms with Gasteiger partial charge in [-0.15, -0.1) is 11.3 Å². The highest BCUT2D eigenvalue weighted by atomic mass is 32.1. The maximum atomic E-state index is 15.1. The summed E-state index contributed by atoms with van der Waals surface area (Å²) in [5.74, 6) is -0.784. The highest BCUT2D eigenvalue weighted by Gasteiger charge is 2.40. The fourth-order valence-electron chi connectivity index (χ4n) is 5.26. The average molecular weight is 639 g/mol. The first kappa shape index (κ1) is 31.9. The van der Waals surface area contributed by atoms with Crippen LogP contribution in [-0.2, 0) is 10.9 Å². The van der Waals surface area contributed by atoms with Crippen molar-refractivity contribution in [3.63, 3.8) is 0 Å². The summed E-state index contributed by atoms with van der Waals surface area (Å²) in [7, 11) is 0. The number of hydrogen-bond acceptors (Lipinski definition) is 8. The van der Waals surface area contributed by atoms with Gasteiger partial charge in [-0.2, -0.15) is 23.4 Å². The van der Waals surface area contributed by atoms with Crippen LogP contribution in [0.25, 0.3) is 21.7 Å². The molecule has 1 aliphatic rings. The summed E-state index contributed by atoms with van der Waals surface area (Å²) in [6, 6.07) is 13.0. The minimum atomic E-state index is -4.74. The number of thiazole rings is 1. The standard InChI is InChI=1S/C32H33F3N6O3S/c1-31(2,3)44-30(43)36-16-20-8-7-15-41(18-20)27-24(12-11-23(26(27)32(33,34)35)21-9-5-4-6-10-21)39-28(42)25-19-45-29(40-25)22-13-14-37-38-17-22/h4-6,9-14,17,19-20H,7-8,15-16,18H2,1-3H3,(H,36,43)(H,39,42)/t20-/m0/s1. The summed E-state index contributed by atoms with van der Waals surface area (Å²) in [6.45, 7) is 6.07. The summed E-state index contributed by atoms with van der Waals surface area (Å²) >= 11 is 1.22. The van der Waals surface area contributed by atoms with Crippen molar-refractivity contribution in [1.29, 1.82) is 0 Å². The van der Waals surface area contributed by atoms with Gasteiger partial charge in [0.15, 0.2) is 0 Å². The Morgan fingerprint density at radius 2 is 1.82 bits per heavy atom. The minimum Gasteiger partial charge on any atom is -0.444 e. The van der Waals surface area contributed by atoms with Gasteiger partial charge in [-0.1, -0.05) is 36.4 Å². The lowest BCUT2D eigenvalue weighted by Crippen LogP contribution is -2.43. The van der Waals surface area contributed by atoms with Gasteiger partial charge in [0.25, 0.3) is 5.91 Å². The third kappa shape index (κ3) is 7.96. The molecule has 0 radical (unpaired) electrons. The normalized spacial score (nSPS) is 15.4. The van der Waals surface area contributed by atoms with Gasteiger partial charge < -0.3 is 20.3 Å². The van der Waals surface area contributed by atoms with E-state index in [0.717, 1.165) is 0 Å². The van der Waals surface area contributed by atoms with Crippen LogP contribution in [0.15, 0.2) is 66.3 Å². The second kappa shape index (κ2) is 13.2. The van der Waals surface area contributed by atoms with E-state index in [9.17, 15) is 9.59 Å². The maximum Gasteiger partial charge on any atom is 0.419 e. The van der Waals surface area contributed by atoms with Crippen LogP contribution in [0.4, 0.5) is 29.3 Å². The van der Waals surface area contributed by atoms with Crippen molar-refractivity contribution in [3.05, 3.63) is 77.6 Å². The Bertz CT molecular complexity index is 1640. The summed E-state index contributed by atoms with van der Waals surface area (Å²) < 4.78 is 50.5. The summed E-state index contributed by atoms with van der Waals surface area (Å²) in [6.07, 6.45) is -1.01. The predicted molar refractivity (Wildman–Crippen MR) is 167 cm³/mol. The third-order valence-corrected chi connectivity index (χ3v) is 8.02. The van der Waals surface area contributed by atoms with Crippen LogP contribution in [0, 0.1) is 5.92 Å². The van der Waals surface area contributed by atoms with E-state index in [1.807, 2.05) is 0 Å². The number of aromatic nitrogens is 3. The number of carbonyl (C=O) groups is 2. The van der Waals surface area contributed by atoms with Gasteiger partial charge in [0.2, 0.25) is 0 Å². The van der Waals surface area contributed by atoms with E-state index in [1.165, 1.54) is 35.9 Å². The van der Waals surface area contributed by atoms with Crippen LogP contribution < -0.4 is 15.5 Å². The van der Waals surface area contributed by atoms with Crippen molar-refractivity contribution in [2.75, 3.05) is 29.9 Å². The van der Waals surface area contributed by atoms with E-state index in [-0.39, 0.29) is 41.6 Å². The van der Waals surface area contributed by atoms with Gasteiger partial charge in [-0.3, -0.25) is 4.79 Å². The number of ether oxygens (including phenoxy) is 1. The van der Waals surface area contributed by atoms with Crippen molar-refractivity contribution in [2.24, 2.45) is 5.92 Å². The highest BCUT2D eigenvalue weighted by molar-refractivity contribution is 7.13. The Kier molecular flexibility index (Phi) is 9.37. The topological polar surface area (TPSA) is 109 Å². The minimum absolute atomic E-state index is 0.00577. The largest absolute Gasteiger partial charge is 0.444 e. The lowest BCUT2D eigenvalue weighted by atomic mass is 9.92. The first-order chi connectivity index (χ1) is 21.4. The molecule has 2 amide bonds. The van der Waals surface area contributed by atoms with E-state index in [0.29, 0.717) is 35.5 Å². The van der Waals surface area contributed by atoms with Crippen molar-refractivity contribution in [1.82, 2.24) is 20.5 Å². The van der Waals surface area contributed by atoms with Crippen molar-refractivity contribution >= 4 is 34.7 Å². The zero-order chi connectivity index (χ0) is 32.2. The Morgan fingerprint density at radius 1 is 1.04 bits per heavy atom. The van der Waals surface area contributed by atoms with Gasteiger partial charge in [0, 0.05) is 30.6 Å². The lowest BCUT2D eigenvalue weighted by Gasteiger charge is -2.37. The van der Waals surface area contributed by atoms with Gasteiger partial charge >= 0.3 is 12.3 Å². The van der Waals surface area contributed by atoms with Crippen LogP contribution in [-0.4, -0.2) is 52.4 Å². The molecule has 3 heterocycles. The fraction of sp³-hybridized carbons (Fsp3) is 0.344. The molecule has 0 unspecified atom stereocenters. The molecule has 1 fully saturated rings. The number of nitrogens with one attached hydrogen (secondary N) is 2. The molecular weight excluding hydrogens is 605 g/mol. The molecule has 2 aromatic heterocycles. The Morgan fingerprint density at radius 3 is 2.51 bits per heavy atom. The SMILES string of the molecule is CC(C)(C)OC(=O)NC[C@@H]1CCCN(c2c(NC(=O)c3csc(-c4ccnnc4)n3)ccc(-c3ccccc3)c2C(F)(F)F)C1. The van der Waals surface area contributed by atoms with Crippen LogP contribution in [0.5, 0.6) is 0 Å². The number of halogens is 3. The molecular formula is C32H33F3N6O3S.